The number of alkyl halides is 1. The van der Waals surface area contributed by atoms with Crippen molar-refractivity contribution in [3.8, 4) is 0 Å². The molecule has 1 aliphatic rings. The lowest BCUT2D eigenvalue weighted by Crippen LogP contribution is -2.58. The van der Waals surface area contributed by atoms with Crippen LogP contribution in [0.3, 0.4) is 0 Å². The summed E-state index contributed by atoms with van der Waals surface area (Å²) in [7, 11) is 0. The molecule has 1 aliphatic heterocycles. The number of piperidine rings is 1. The van der Waals surface area contributed by atoms with Crippen molar-refractivity contribution in [2.45, 2.75) is 96.0 Å². The zero-order valence-corrected chi connectivity index (χ0v) is 21.0. The molecule has 0 bridgehead atoms. The van der Waals surface area contributed by atoms with Gasteiger partial charge in [-0.2, -0.15) is 5.06 Å². The van der Waals surface area contributed by atoms with E-state index in [0.29, 0.717) is 24.3 Å². The largest absolute Gasteiger partial charge is 0.297 e. The SMILES string of the molecule is Cc1ccc(C(C)CC(CON2C(C)(C)CCCC2(C)C)c2ccc(CCl)cc2)cc1. The quantitative estimate of drug-likeness (QED) is 0.385. The van der Waals surface area contributed by atoms with Crippen LogP contribution in [0.4, 0.5) is 0 Å². The van der Waals surface area contributed by atoms with Gasteiger partial charge in [-0.25, -0.2) is 0 Å². The number of rotatable bonds is 8. The Labute approximate surface area is 194 Å². The molecular weight excluding hydrogens is 402 g/mol. The van der Waals surface area contributed by atoms with Crippen LogP contribution in [-0.4, -0.2) is 22.7 Å². The van der Waals surface area contributed by atoms with Crippen molar-refractivity contribution in [2.24, 2.45) is 0 Å². The highest BCUT2D eigenvalue weighted by Gasteiger charge is 2.42. The standard InChI is InChI=1S/C28H40ClNO/c1-21-8-12-24(13-9-21)22(2)18-26(25-14-10-23(19-29)11-15-25)20-31-30-27(3,4)16-7-17-28(30,5)6/h8-15,22,26H,7,16-20H2,1-6H3. The van der Waals surface area contributed by atoms with Gasteiger partial charge in [0.2, 0.25) is 0 Å². The van der Waals surface area contributed by atoms with Gasteiger partial charge in [-0.1, -0.05) is 61.0 Å². The molecule has 170 valence electrons. The third kappa shape index (κ3) is 6.12. The topological polar surface area (TPSA) is 12.5 Å². The van der Waals surface area contributed by atoms with E-state index in [1.54, 1.807) is 0 Å². The predicted octanol–water partition coefficient (Wildman–Crippen LogP) is 7.99. The molecule has 2 aromatic rings. The van der Waals surface area contributed by atoms with Crippen LogP contribution in [-0.2, 0) is 10.7 Å². The van der Waals surface area contributed by atoms with Gasteiger partial charge in [-0.3, -0.25) is 4.84 Å². The van der Waals surface area contributed by atoms with E-state index in [2.05, 4.69) is 95.1 Å². The Bertz CT molecular complexity index is 809. The lowest BCUT2D eigenvalue weighted by Gasteiger charge is -2.51. The molecule has 1 saturated heterocycles. The van der Waals surface area contributed by atoms with Crippen LogP contribution in [0.5, 0.6) is 0 Å². The summed E-state index contributed by atoms with van der Waals surface area (Å²) in [5, 5.41) is 2.29. The number of benzene rings is 2. The predicted molar refractivity (Wildman–Crippen MR) is 133 cm³/mol. The highest BCUT2D eigenvalue weighted by atomic mass is 35.5. The third-order valence-corrected chi connectivity index (χ3v) is 7.28. The van der Waals surface area contributed by atoms with Crippen molar-refractivity contribution >= 4 is 11.6 Å². The first-order valence-corrected chi connectivity index (χ1v) is 12.3. The number of aryl methyl sites for hydroxylation is 1. The van der Waals surface area contributed by atoms with Crippen LogP contribution in [0.2, 0.25) is 0 Å². The van der Waals surface area contributed by atoms with Crippen molar-refractivity contribution in [3.63, 3.8) is 0 Å². The van der Waals surface area contributed by atoms with Gasteiger partial charge in [0, 0.05) is 22.9 Å². The zero-order valence-electron chi connectivity index (χ0n) is 20.2. The molecule has 0 N–H and O–H groups in total. The van der Waals surface area contributed by atoms with Gasteiger partial charge in [0.05, 0.1) is 6.61 Å². The first-order chi connectivity index (χ1) is 14.6. The van der Waals surface area contributed by atoms with Crippen molar-refractivity contribution < 1.29 is 4.84 Å². The van der Waals surface area contributed by atoms with Gasteiger partial charge in [0.25, 0.3) is 0 Å². The average Bonchev–Trinajstić information content (AvgIpc) is 2.72. The molecule has 0 spiro atoms. The van der Waals surface area contributed by atoms with Gasteiger partial charge in [-0.15, -0.1) is 11.6 Å². The average molecular weight is 442 g/mol. The molecule has 1 fully saturated rings. The fourth-order valence-electron chi connectivity index (χ4n) is 5.13. The molecule has 3 heteroatoms. The maximum absolute atomic E-state index is 6.65. The fourth-order valence-corrected chi connectivity index (χ4v) is 5.31. The van der Waals surface area contributed by atoms with E-state index in [0.717, 1.165) is 12.0 Å². The second-order valence-electron chi connectivity index (χ2n) is 10.7. The zero-order chi connectivity index (χ0) is 22.6. The second kappa shape index (κ2) is 10.1. The molecule has 2 aromatic carbocycles. The van der Waals surface area contributed by atoms with Crippen LogP contribution in [0.25, 0.3) is 0 Å². The Balaban J connectivity index is 1.80. The van der Waals surface area contributed by atoms with Gasteiger partial charge >= 0.3 is 0 Å². The fraction of sp³-hybridized carbons (Fsp3) is 0.571. The minimum atomic E-state index is 0.0529. The van der Waals surface area contributed by atoms with Gasteiger partial charge in [0.15, 0.2) is 0 Å². The van der Waals surface area contributed by atoms with Crippen molar-refractivity contribution in [2.75, 3.05) is 6.61 Å². The van der Waals surface area contributed by atoms with Crippen LogP contribution < -0.4 is 0 Å². The summed E-state index contributed by atoms with van der Waals surface area (Å²) in [5.41, 5.74) is 5.30. The van der Waals surface area contributed by atoms with Gasteiger partial charge in [-0.05, 0) is 82.9 Å². The molecule has 2 nitrogen and oxygen atoms in total. The molecular formula is C28H40ClNO. The maximum Gasteiger partial charge on any atom is 0.0754 e. The molecule has 0 radical (unpaired) electrons. The molecule has 0 aromatic heterocycles. The van der Waals surface area contributed by atoms with Crippen LogP contribution in [0.1, 0.15) is 94.4 Å². The summed E-state index contributed by atoms with van der Waals surface area (Å²) in [6.45, 7) is 14.4. The number of hydroxylamine groups is 2. The minimum absolute atomic E-state index is 0.0529. The van der Waals surface area contributed by atoms with E-state index in [1.165, 1.54) is 36.0 Å². The lowest BCUT2D eigenvalue weighted by atomic mass is 9.82. The van der Waals surface area contributed by atoms with Crippen molar-refractivity contribution in [1.29, 1.82) is 0 Å². The molecule has 31 heavy (non-hydrogen) atoms. The van der Waals surface area contributed by atoms with E-state index < -0.39 is 0 Å². The molecule has 3 rings (SSSR count). The van der Waals surface area contributed by atoms with Gasteiger partial charge < -0.3 is 0 Å². The lowest BCUT2D eigenvalue weighted by molar-refractivity contribution is -0.283. The monoisotopic (exact) mass is 441 g/mol. The number of halogens is 1. The Hall–Kier alpha value is -1.35. The van der Waals surface area contributed by atoms with Crippen molar-refractivity contribution in [1.82, 2.24) is 5.06 Å². The van der Waals surface area contributed by atoms with Gasteiger partial charge in [0.1, 0.15) is 0 Å². The van der Waals surface area contributed by atoms with E-state index in [9.17, 15) is 0 Å². The molecule has 1 heterocycles. The van der Waals surface area contributed by atoms with Crippen LogP contribution in [0.15, 0.2) is 48.5 Å². The highest BCUT2D eigenvalue weighted by molar-refractivity contribution is 6.17. The first kappa shape index (κ1) is 24.3. The Morgan fingerprint density at radius 3 is 2.00 bits per heavy atom. The summed E-state index contributed by atoms with van der Waals surface area (Å²) in [6.07, 6.45) is 4.65. The number of hydrogen-bond acceptors (Lipinski definition) is 2. The molecule has 2 atom stereocenters. The number of hydrogen-bond donors (Lipinski definition) is 0. The summed E-state index contributed by atoms with van der Waals surface area (Å²) >= 11 is 6.03. The summed E-state index contributed by atoms with van der Waals surface area (Å²) in [4.78, 5) is 6.65. The second-order valence-corrected chi connectivity index (χ2v) is 11.0. The molecule has 0 aliphatic carbocycles. The van der Waals surface area contributed by atoms with Crippen molar-refractivity contribution in [3.05, 3.63) is 70.8 Å². The highest BCUT2D eigenvalue weighted by Crippen LogP contribution is 2.39. The van der Waals surface area contributed by atoms with E-state index in [1.807, 2.05) is 0 Å². The van der Waals surface area contributed by atoms with E-state index in [4.69, 9.17) is 16.4 Å². The third-order valence-electron chi connectivity index (χ3n) is 6.97. The summed E-state index contributed by atoms with van der Waals surface area (Å²) in [6, 6.07) is 17.7. The first-order valence-electron chi connectivity index (χ1n) is 11.8. The maximum atomic E-state index is 6.65. The molecule has 2 unspecified atom stereocenters. The summed E-state index contributed by atoms with van der Waals surface area (Å²) in [5.74, 6) is 1.34. The number of nitrogens with zero attached hydrogens (tertiary/aromatic N) is 1. The van der Waals surface area contributed by atoms with E-state index >= 15 is 0 Å². The molecule has 0 saturated carbocycles. The Morgan fingerprint density at radius 2 is 1.45 bits per heavy atom. The van der Waals surface area contributed by atoms with Crippen LogP contribution in [0, 0.1) is 6.92 Å². The van der Waals surface area contributed by atoms with E-state index in [-0.39, 0.29) is 11.1 Å². The molecule has 0 amide bonds. The smallest absolute Gasteiger partial charge is 0.0754 e. The minimum Gasteiger partial charge on any atom is -0.297 e. The normalized spacial score (nSPS) is 20.4. The van der Waals surface area contributed by atoms with Crippen LogP contribution >= 0.6 is 11.6 Å². The summed E-state index contributed by atoms with van der Waals surface area (Å²) < 4.78 is 0. The Morgan fingerprint density at radius 1 is 0.903 bits per heavy atom. The Kier molecular flexibility index (Phi) is 7.89.